The summed E-state index contributed by atoms with van der Waals surface area (Å²) in [6, 6.07) is 5.69. The molecule has 0 spiro atoms. The lowest BCUT2D eigenvalue weighted by Crippen LogP contribution is -1.96. The van der Waals surface area contributed by atoms with E-state index in [0.717, 1.165) is 30.1 Å². The predicted molar refractivity (Wildman–Crippen MR) is 66.9 cm³/mol. The predicted octanol–water partition coefficient (Wildman–Crippen LogP) is 4.67. The molecule has 0 aliphatic carbocycles. The molecular formula is C13H9F4NS. The van der Waals surface area contributed by atoms with Crippen LogP contribution in [-0.4, -0.2) is 0 Å². The fourth-order valence-corrected chi connectivity index (χ4v) is 2.08. The topological polar surface area (TPSA) is 12.0 Å². The van der Waals surface area contributed by atoms with Crippen LogP contribution in [0.4, 0.5) is 23.2 Å². The van der Waals surface area contributed by atoms with Crippen LogP contribution in [-0.2, 0) is 0 Å². The van der Waals surface area contributed by atoms with Crippen LogP contribution >= 0.6 is 11.9 Å². The minimum atomic E-state index is -0.984. The Kier molecular flexibility index (Phi) is 3.99. The summed E-state index contributed by atoms with van der Waals surface area (Å²) in [5.74, 6) is -3.29. The van der Waals surface area contributed by atoms with E-state index in [9.17, 15) is 17.6 Å². The first kappa shape index (κ1) is 13.7. The van der Waals surface area contributed by atoms with Gasteiger partial charge in [0.1, 0.15) is 5.82 Å². The van der Waals surface area contributed by atoms with Crippen LogP contribution in [0.2, 0.25) is 0 Å². The van der Waals surface area contributed by atoms with E-state index in [1.807, 2.05) is 0 Å². The first-order chi connectivity index (χ1) is 8.99. The average molecular weight is 287 g/mol. The van der Waals surface area contributed by atoms with E-state index in [1.54, 1.807) is 0 Å². The van der Waals surface area contributed by atoms with Crippen molar-refractivity contribution in [3.63, 3.8) is 0 Å². The molecule has 0 fully saturated rings. The molecule has 100 valence electrons. The van der Waals surface area contributed by atoms with Gasteiger partial charge >= 0.3 is 0 Å². The van der Waals surface area contributed by atoms with Crippen molar-refractivity contribution in [2.45, 2.75) is 11.8 Å². The summed E-state index contributed by atoms with van der Waals surface area (Å²) in [7, 11) is 0. The largest absolute Gasteiger partial charge is 0.323 e. The van der Waals surface area contributed by atoms with Crippen LogP contribution in [0.3, 0.4) is 0 Å². The normalized spacial score (nSPS) is 10.6. The van der Waals surface area contributed by atoms with Gasteiger partial charge in [0.15, 0.2) is 17.5 Å². The number of rotatable bonds is 3. The van der Waals surface area contributed by atoms with Gasteiger partial charge in [0.2, 0.25) is 0 Å². The Morgan fingerprint density at radius 2 is 1.58 bits per heavy atom. The van der Waals surface area contributed by atoms with Crippen LogP contribution in [0.1, 0.15) is 5.56 Å². The Labute approximate surface area is 111 Å². The maximum atomic E-state index is 13.7. The number of hydrogen-bond donors (Lipinski definition) is 1. The lowest BCUT2D eigenvalue weighted by atomic mass is 10.2. The SMILES string of the molecule is Cc1c(F)ccc(NSc2ccc(F)c(F)c2)c1F. The van der Waals surface area contributed by atoms with Crippen molar-refractivity contribution in [1.29, 1.82) is 0 Å². The molecule has 1 N–H and O–H groups in total. The number of nitrogens with one attached hydrogen (secondary N) is 1. The van der Waals surface area contributed by atoms with Crippen LogP contribution in [0.15, 0.2) is 35.2 Å². The molecule has 0 atom stereocenters. The van der Waals surface area contributed by atoms with Crippen molar-refractivity contribution in [3.8, 4) is 0 Å². The summed E-state index contributed by atoms with van der Waals surface area (Å²) in [6.07, 6.45) is 0. The van der Waals surface area contributed by atoms with E-state index in [0.29, 0.717) is 4.90 Å². The highest BCUT2D eigenvalue weighted by molar-refractivity contribution is 8.00. The van der Waals surface area contributed by atoms with Gasteiger partial charge in [-0.05, 0) is 49.2 Å². The van der Waals surface area contributed by atoms with Crippen LogP contribution in [0.5, 0.6) is 0 Å². The van der Waals surface area contributed by atoms with Gasteiger partial charge < -0.3 is 4.72 Å². The van der Waals surface area contributed by atoms with Gasteiger partial charge in [0.05, 0.1) is 5.69 Å². The van der Waals surface area contributed by atoms with E-state index >= 15 is 0 Å². The fourth-order valence-electron chi connectivity index (χ4n) is 1.39. The number of benzene rings is 2. The van der Waals surface area contributed by atoms with Gasteiger partial charge in [0.25, 0.3) is 0 Å². The zero-order valence-electron chi connectivity index (χ0n) is 9.81. The van der Waals surface area contributed by atoms with E-state index in [4.69, 9.17) is 0 Å². The summed E-state index contributed by atoms with van der Waals surface area (Å²) in [5, 5.41) is 0. The van der Waals surface area contributed by atoms with Crippen LogP contribution in [0, 0.1) is 30.2 Å². The van der Waals surface area contributed by atoms with Crippen molar-refractivity contribution in [1.82, 2.24) is 0 Å². The summed E-state index contributed by atoms with van der Waals surface area (Å²) in [6.45, 7) is 1.32. The Morgan fingerprint density at radius 1 is 0.895 bits per heavy atom. The highest BCUT2D eigenvalue weighted by Crippen LogP contribution is 2.26. The Hall–Kier alpha value is -1.69. The molecule has 2 rings (SSSR count). The third-order valence-electron chi connectivity index (χ3n) is 2.49. The highest BCUT2D eigenvalue weighted by Gasteiger charge is 2.10. The molecule has 1 nitrogen and oxygen atoms in total. The van der Waals surface area contributed by atoms with Crippen molar-refractivity contribution in [3.05, 3.63) is 59.2 Å². The number of hydrogen-bond acceptors (Lipinski definition) is 2. The highest BCUT2D eigenvalue weighted by atomic mass is 32.2. The molecule has 0 aliphatic rings. The minimum absolute atomic E-state index is 0.0774. The lowest BCUT2D eigenvalue weighted by molar-refractivity contribution is 0.506. The molecule has 0 amide bonds. The van der Waals surface area contributed by atoms with E-state index < -0.39 is 23.3 Å². The van der Waals surface area contributed by atoms with Crippen molar-refractivity contribution < 1.29 is 17.6 Å². The average Bonchev–Trinajstić information content (AvgIpc) is 2.39. The zero-order valence-corrected chi connectivity index (χ0v) is 10.6. The molecule has 0 heterocycles. The summed E-state index contributed by atoms with van der Waals surface area (Å²) >= 11 is 0.906. The second kappa shape index (κ2) is 5.52. The molecule has 19 heavy (non-hydrogen) atoms. The second-order valence-electron chi connectivity index (χ2n) is 3.81. The lowest BCUT2D eigenvalue weighted by Gasteiger charge is -2.09. The minimum Gasteiger partial charge on any atom is -0.323 e. The van der Waals surface area contributed by atoms with Gasteiger partial charge in [-0.25, -0.2) is 17.6 Å². The van der Waals surface area contributed by atoms with E-state index in [2.05, 4.69) is 4.72 Å². The van der Waals surface area contributed by atoms with Crippen molar-refractivity contribution in [2.24, 2.45) is 0 Å². The van der Waals surface area contributed by atoms with E-state index in [-0.39, 0.29) is 11.3 Å². The summed E-state index contributed by atoms with van der Waals surface area (Å²) in [5.41, 5.74) is -0.0236. The first-order valence-electron chi connectivity index (χ1n) is 5.31. The zero-order chi connectivity index (χ0) is 14.0. The Balaban J connectivity index is 2.14. The molecule has 0 bridgehead atoms. The van der Waals surface area contributed by atoms with Gasteiger partial charge in [-0.3, -0.25) is 0 Å². The molecular weight excluding hydrogens is 278 g/mol. The molecule has 0 saturated carbocycles. The van der Waals surface area contributed by atoms with Crippen molar-refractivity contribution in [2.75, 3.05) is 4.72 Å². The maximum absolute atomic E-state index is 13.7. The van der Waals surface area contributed by atoms with Gasteiger partial charge in [-0.1, -0.05) is 0 Å². The molecule has 0 radical (unpaired) electrons. The molecule has 2 aromatic rings. The van der Waals surface area contributed by atoms with Gasteiger partial charge in [-0.15, -0.1) is 0 Å². The van der Waals surface area contributed by atoms with Crippen molar-refractivity contribution >= 4 is 17.6 Å². The Morgan fingerprint density at radius 3 is 2.26 bits per heavy atom. The van der Waals surface area contributed by atoms with Gasteiger partial charge in [-0.2, -0.15) is 0 Å². The molecule has 0 unspecified atom stereocenters. The third-order valence-corrected chi connectivity index (χ3v) is 3.30. The smallest absolute Gasteiger partial charge is 0.160 e. The van der Waals surface area contributed by atoms with Crippen LogP contribution in [0.25, 0.3) is 0 Å². The molecule has 0 aliphatic heterocycles. The van der Waals surface area contributed by atoms with Gasteiger partial charge in [0, 0.05) is 10.5 Å². The molecule has 2 aromatic carbocycles. The molecule has 0 saturated heterocycles. The second-order valence-corrected chi connectivity index (χ2v) is 4.69. The Bertz CT molecular complexity index is 616. The first-order valence-corrected chi connectivity index (χ1v) is 6.13. The quantitative estimate of drug-likeness (QED) is 0.650. The monoisotopic (exact) mass is 287 g/mol. The maximum Gasteiger partial charge on any atom is 0.160 e. The summed E-state index contributed by atoms with van der Waals surface area (Å²) in [4.78, 5) is 0.375. The number of anilines is 1. The van der Waals surface area contributed by atoms with E-state index in [1.165, 1.54) is 19.1 Å². The molecule has 0 aromatic heterocycles. The standard InChI is InChI=1S/C13H9F4NS/c1-7-9(14)4-5-12(13(7)17)18-19-8-2-3-10(15)11(16)6-8/h2-6,18H,1H3. The molecule has 6 heteroatoms. The number of halogens is 4. The third kappa shape index (κ3) is 3.01. The van der Waals surface area contributed by atoms with Crippen LogP contribution < -0.4 is 4.72 Å². The fraction of sp³-hybridized carbons (Fsp3) is 0.0769. The summed E-state index contributed by atoms with van der Waals surface area (Å²) < 4.78 is 55.0.